The van der Waals surface area contributed by atoms with E-state index >= 15 is 0 Å². The van der Waals surface area contributed by atoms with Crippen LogP contribution >= 0.6 is 0 Å². The molecule has 0 radical (unpaired) electrons. The summed E-state index contributed by atoms with van der Waals surface area (Å²) < 4.78 is 51.5. The minimum atomic E-state index is -4.36. The molecule has 0 aromatic rings. The molecule has 0 aliphatic carbocycles. The predicted octanol–water partition coefficient (Wildman–Crippen LogP) is 3.72. The van der Waals surface area contributed by atoms with E-state index in [1.807, 2.05) is 6.92 Å². The number of carbonyl (C=O) groups excluding carboxylic acids is 1. The van der Waals surface area contributed by atoms with Gasteiger partial charge in [-0.1, -0.05) is 6.92 Å². The molecule has 0 N–H and O–H groups in total. The van der Waals surface area contributed by atoms with Crippen LogP contribution in [-0.2, 0) is 14.2 Å². The third-order valence-electron chi connectivity index (χ3n) is 3.68. The number of rotatable bonds is 5. The molecule has 5 nitrogen and oxygen atoms in total. The van der Waals surface area contributed by atoms with Crippen LogP contribution in [0.25, 0.3) is 0 Å². The Hall–Kier alpha value is -1.02. The fourth-order valence-electron chi connectivity index (χ4n) is 2.35. The molecule has 0 aromatic heterocycles. The van der Waals surface area contributed by atoms with E-state index in [4.69, 9.17) is 9.47 Å². The van der Waals surface area contributed by atoms with Crippen LogP contribution in [0.5, 0.6) is 0 Å². The molecular formula is C15H26F3NO4. The molecule has 23 heavy (non-hydrogen) atoms. The Kier molecular flexibility index (Phi) is 6.70. The number of hydrogen-bond acceptors (Lipinski definition) is 4. The molecule has 0 aromatic carbocycles. The Morgan fingerprint density at radius 3 is 2.17 bits per heavy atom. The predicted molar refractivity (Wildman–Crippen MR) is 78.0 cm³/mol. The first kappa shape index (κ1) is 20.0. The zero-order valence-corrected chi connectivity index (χ0v) is 14.2. The topological polar surface area (TPSA) is 48.0 Å². The number of carbonyl (C=O) groups is 1. The molecule has 0 spiro atoms. The molecule has 0 atom stereocenters. The van der Waals surface area contributed by atoms with E-state index in [0.717, 1.165) is 0 Å². The molecule has 0 bridgehead atoms. The molecule has 1 saturated heterocycles. The van der Waals surface area contributed by atoms with E-state index in [0.29, 0.717) is 32.4 Å². The first-order chi connectivity index (χ1) is 10.5. The SMILES string of the molecule is CCC1(OCOCC(F)(F)F)CCN(C(=O)OC(C)(C)C)CC1. The largest absolute Gasteiger partial charge is 0.444 e. The van der Waals surface area contributed by atoms with Crippen molar-refractivity contribution in [1.29, 1.82) is 0 Å². The number of halogens is 3. The van der Waals surface area contributed by atoms with Crippen LogP contribution < -0.4 is 0 Å². The van der Waals surface area contributed by atoms with E-state index in [9.17, 15) is 18.0 Å². The quantitative estimate of drug-likeness (QED) is 0.565. The molecule has 1 aliphatic rings. The zero-order valence-electron chi connectivity index (χ0n) is 14.2. The lowest BCUT2D eigenvalue weighted by molar-refractivity contribution is -0.221. The first-order valence-electron chi connectivity index (χ1n) is 7.73. The third kappa shape index (κ3) is 7.39. The maximum absolute atomic E-state index is 12.0. The fraction of sp³-hybridized carbons (Fsp3) is 0.933. The molecule has 1 rings (SSSR count). The molecule has 1 fully saturated rings. The van der Waals surface area contributed by atoms with Gasteiger partial charge in [0.15, 0.2) is 0 Å². The van der Waals surface area contributed by atoms with Crippen molar-refractivity contribution in [2.45, 2.75) is 64.3 Å². The van der Waals surface area contributed by atoms with Crippen LogP contribution in [0.2, 0.25) is 0 Å². The van der Waals surface area contributed by atoms with Crippen molar-refractivity contribution in [2.24, 2.45) is 0 Å². The van der Waals surface area contributed by atoms with E-state index in [1.165, 1.54) is 0 Å². The number of piperidine rings is 1. The van der Waals surface area contributed by atoms with Crippen LogP contribution in [0, 0.1) is 0 Å². The molecule has 0 saturated carbocycles. The van der Waals surface area contributed by atoms with Crippen molar-refractivity contribution in [2.75, 3.05) is 26.5 Å². The fourth-order valence-corrected chi connectivity index (χ4v) is 2.35. The summed E-state index contributed by atoms with van der Waals surface area (Å²) in [5.74, 6) is 0. The highest BCUT2D eigenvalue weighted by Crippen LogP contribution is 2.30. The lowest BCUT2D eigenvalue weighted by Gasteiger charge is -2.41. The summed E-state index contributed by atoms with van der Waals surface area (Å²) >= 11 is 0. The minimum Gasteiger partial charge on any atom is -0.444 e. The van der Waals surface area contributed by atoms with Gasteiger partial charge in [0.1, 0.15) is 19.0 Å². The van der Waals surface area contributed by atoms with Gasteiger partial charge in [0, 0.05) is 13.1 Å². The van der Waals surface area contributed by atoms with Crippen molar-refractivity contribution < 1.29 is 32.2 Å². The molecule has 0 unspecified atom stereocenters. The number of alkyl halides is 3. The van der Waals surface area contributed by atoms with Gasteiger partial charge in [-0.05, 0) is 40.0 Å². The lowest BCUT2D eigenvalue weighted by Crippen LogP contribution is -2.49. The maximum Gasteiger partial charge on any atom is 0.411 e. The second kappa shape index (κ2) is 7.70. The summed E-state index contributed by atoms with van der Waals surface area (Å²) in [6.45, 7) is 6.47. The Balaban J connectivity index is 2.42. The smallest absolute Gasteiger partial charge is 0.411 e. The van der Waals surface area contributed by atoms with E-state index < -0.39 is 30.8 Å². The van der Waals surface area contributed by atoms with Crippen LogP contribution in [-0.4, -0.2) is 54.9 Å². The highest BCUT2D eigenvalue weighted by molar-refractivity contribution is 5.68. The van der Waals surface area contributed by atoms with Gasteiger partial charge in [-0.25, -0.2) is 4.79 Å². The highest BCUT2D eigenvalue weighted by Gasteiger charge is 2.37. The van der Waals surface area contributed by atoms with Crippen LogP contribution in [0.1, 0.15) is 47.0 Å². The molecule has 136 valence electrons. The first-order valence-corrected chi connectivity index (χ1v) is 7.73. The standard InChI is InChI=1S/C15H26F3NO4/c1-5-14(22-11-21-10-15(16,17)18)6-8-19(9-7-14)12(20)23-13(2,3)4/h5-11H2,1-4H3. The lowest BCUT2D eigenvalue weighted by atomic mass is 9.89. The number of amides is 1. The van der Waals surface area contributed by atoms with E-state index in [2.05, 4.69) is 4.74 Å². The highest BCUT2D eigenvalue weighted by atomic mass is 19.4. The summed E-state index contributed by atoms with van der Waals surface area (Å²) in [6.07, 6.45) is -3.01. The number of likely N-dealkylation sites (tertiary alicyclic amines) is 1. The summed E-state index contributed by atoms with van der Waals surface area (Å²) in [7, 11) is 0. The van der Waals surface area contributed by atoms with Gasteiger partial charge in [-0.2, -0.15) is 13.2 Å². The van der Waals surface area contributed by atoms with E-state index in [1.54, 1.807) is 25.7 Å². The van der Waals surface area contributed by atoms with Crippen molar-refractivity contribution in [3.63, 3.8) is 0 Å². The number of ether oxygens (including phenoxy) is 3. The van der Waals surface area contributed by atoms with Gasteiger partial charge in [-0.3, -0.25) is 0 Å². The minimum absolute atomic E-state index is 0.379. The van der Waals surface area contributed by atoms with Gasteiger partial charge >= 0.3 is 12.3 Å². The molecule has 1 amide bonds. The summed E-state index contributed by atoms with van der Waals surface area (Å²) in [5, 5.41) is 0. The van der Waals surface area contributed by atoms with Crippen molar-refractivity contribution in [3.05, 3.63) is 0 Å². The second-order valence-corrected chi connectivity index (χ2v) is 6.73. The number of hydrogen-bond donors (Lipinski definition) is 0. The molecule has 1 heterocycles. The van der Waals surface area contributed by atoms with Gasteiger partial charge in [0.25, 0.3) is 0 Å². The van der Waals surface area contributed by atoms with Crippen molar-refractivity contribution in [1.82, 2.24) is 4.90 Å². The van der Waals surface area contributed by atoms with E-state index in [-0.39, 0.29) is 6.09 Å². The summed E-state index contributed by atoms with van der Waals surface area (Å²) in [5.41, 5.74) is -1.11. The Morgan fingerprint density at radius 2 is 1.74 bits per heavy atom. The monoisotopic (exact) mass is 341 g/mol. The molecule has 8 heteroatoms. The zero-order chi connectivity index (χ0) is 17.7. The van der Waals surface area contributed by atoms with Gasteiger partial charge in [0.2, 0.25) is 0 Å². The third-order valence-corrected chi connectivity index (χ3v) is 3.68. The number of nitrogens with zero attached hydrogens (tertiary/aromatic N) is 1. The van der Waals surface area contributed by atoms with Gasteiger partial charge in [-0.15, -0.1) is 0 Å². The summed E-state index contributed by atoms with van der Waals surface area (Å²) in [6, 6.07) is 0. The van der Waals surface area contributed by atoms with Crippen molar-refractivity contribution in [3.8, 4) is 0 Å². The van der Waals surface area contributed by atoms with Crippen LogP contribution in [0.15, 0.2) is 0 Å². The molecular weight excluding hydrogens is 315 g/mol. The van der Waals surface area contributed by atoms with Gasteiger partial charge < -0.3 is 19.1 Å². The van der Waals surface area contributed by atoms with Gasteiger partial charge in [0.05, 0.1) is 5.60 Å². The summed E-state index contributed by atoms with van der Waals surface area (Å²) in [4.78, 5) is 13.6. The Morgan fingerprint density at radius 1 is 1.17 bits per heavy atom. The normalized spacial score (nSPS) is 18.8. The maximum atomic E-state index is 12.0. The van der Waals surface area contributed by atoms with Crippen LogP contribution in [0.4, 0.5) is 18.0 Å². The van der Waals surface area contributed by atoms with Crippen molar-refractivity contribution >= 4 is 6.09 Å². The Labute approximate surface area is 135 Å². The molecule has 1 aliphatic heterocycles. The average molecular weight is 341 g/mol. The second-order valence-electron chi connectivity index (χ2n) is 6.73. The Bertz CT molecular complexity index is 385. The average Bonchev–Trinajstić information content (AvgIpc) is 2.41. The van der Waals surface area contributed by atoms with Crippen LogP contribution in [0.3, 0.4) is 0 Å².